The molecule has 0 spiro atoms. The molecule has 0 amide bonds. The topological polar surface area (TPSA) is 256 Å². The molecule has 52 heavy (non-hydrogen) atoms. The maximum Gasteiger partial charge on any atom is 1.00 e. The molecule has 0 aromatic carbocycles. The fraction of sp³-hybridized carbons (Fsp3) is 0.312. The number of aromatic nitrogens is 6. The quantitative estimate of drug-likeness (QED) is 0.0653. The number of anilines is 1. The molecule has 17 nitrogen and oxygen atoms in total. The number of aliphatic carboxylic acids is 4. The number of rotatable bonds is 20. The van der Waals surface area contributed by atoms with Gasteiger partial charge in [0.05, 0.1) is 64.1 Å². The van der Waals surface area contributed by atoms with E-state index >= 15 is 0 Å². The Kier molecular flexibility index (Phi) is 16.7. The Morgan fingerprint density at radius 2 is 1.12 bits per heavy atom. The van der Waals surface area contributed by atoms with Crippen molar-refractivity contribution >= 4 is 53.0 Å². The number of hydrogen-bond acceptors (Lipinski definition) is 17. The molecule has 4 aromatic rings. The average Bonchev–Trinajstić information content (AvgIpc) is 3.05. The van der Waals surface area contributed by atoms with Crippen LogP contribution in [0.3, 0.4) is 0 Å². The third-order valence-corrected chi connectivity index (χ3v) is 7.49. The Hall–Kier alpha value is -4.36. The molecular weight excluding hydrogens is 732 g/mol. The number of carboxylic acids is 4. The molecule has 0 bridgehead atoms. The Morgan fingerprint density at radius 1 is 0.635 bits per heavy atom. The van der Waals surface area contributed by atoms with Crippen LogP contribution < -0.4 is 55.3 Å². The number of nitrogens with zero attached hydrogens (tertiary/aromatic N) is 8. The third kappa shape index (κ3) is 13.6. The summed E-state index contributed by atoms with van der Waals surface area (Å²) in [6.07, 6.45) is 0.894. The Bertz CT molecular complexity index is 1840. The summed E-state index contributed by atoms with van der Waals surface area (Å²) in [6, 6.07) is 13.7. The molecule has 0 unspecified atom stereocenters. The first-order valence-corrected chi connectivity index (χ1v) is 16.1. The van der Waals surface area contributed by atoms with Crippen LogP contribution in [-0.4, -0.2) is 95.8 Å². The van der Waals surface area contributed by atoms with E-state index in [1.165, 1.54) is 4.90 Å². The van der Waals surface area contributed by atoms with Gasteiger partial charge in [-0.3, -0.25) is 9.80 Å². The largest absolute Gasteiger partial charge is 1.00 e. The van der Waals surface area contributed by atoms with Crippen molar-refractivity contribution in [1.29, 1.82) is 0 Å². The number of carboxylic acid groups (broad SMARTS) is 4. The SMILES string of the molecule is O=C([O-])CN(CC(=O)[O-])Cc1cccc(-c2cccc(-c3cccc(CN(CC(=O)[O-])[C@@H](CCCCNc4nc(Cl)nc(Cl)n4)C(=O)[O-])n3)n2)n1.[Na+]. The van der Waals surface area contributed by atoms with Gasteiger partial charge in [0, 0.05) is 39.3 Å². The van der Waals surface area contributed by atoms with Gasteiger partial charge in [-0.05, 0) is 78.9 Å². The van der Waals surface area contributed by atoms with Crippen LogP contribution in [-0.2, 0) is 32.3 Å². The number of nitrogens with one attached hydrogen (secondary N) is 1. The van der Waals surface area contributed by atoms with Crippen LogP contribution in [0.1, 0.15) is 30.7 Å². The van der Waals surface area contributed by atoms with Gasteiger partial charge in [-0.25, -0.2) is 15.0 Å². The van der Waals surface area contributed by atoms with Gasteiger partial charge in [-0.15, -0.1) is 0 Å². The molecular formula is C32H29Cl2N9NaO8-3. The molecule has 0 aliphatic carbocycles. The zero-order valence-electron chi connectivity index (χ0n) is 27.7. The van der Waals surface area contributed by atoms with Crippen LogP contribution in [0.5, 0.6) is 0 Å². The zero-order valence-corrected chi connectivity index (χ0v) is 31.2. The first kappa shape index (κ1) is 42.1. The van der Waals surface area contributed by atoms with Crippen molar-refractivity contribution in [2.24, 2.45) is 0 Å². The van der Waals surface area contributed by atoms with E-state index in [9.17, 15) is 39.6 Å². The molecule has 0 radical (unpaired) electrons. The van der Waals surface area contributed by atoms with Gasteiger partial charge >= 0.3 is 29.6 Å². The first-order chi connectivity index (χ1) is 24.4. The summed E-state index contributed by atoms with van der Waals surface area (Å²) in [6.45, 7) is -1.87. The van der Waals surface area contributed by atoms with E-state index in [0.29, 0.717) is 53.5 Å². The van der Waals surface area contributed by atoms with Crippen molar-refractivity contribution in [2.75, 3.05) is 31.5 Å². The molecule has 0 aliphatic heterocycles. The predicted octanol–water partition coefficient (Wildman–Crippen LogP) is -5.04. The number of carbonyl (C=O) groups excluding carboxylic acids is 4. The number of carbonyl (C=O) groups is 4. The standard InChI is InChI=1S/C32H33Cl2N9O8.Na/c33-30-39-31(34)41-32(40-30)35-13-2-1-12-25(29(50)51)43(18-28(48)49)15-20-7-4-9-22(37-20)24-11-5-10-23(38-24)21-8-3-6-19(36-21)14-42(16-26(44)45)17-27(46)47;/h3-11,25H,1-2,12-18H2,(H,44,45)(H,46,47)(H,48,49)(H,50,51)(H,35,39,40,41);/q;+1/p-4/t25-;/m0./s1. The van der Waals surface area contributed by atoms with Gasteiger partial charge in [0.2, 0.25) is 16.5 Å². The van der Waals surface area contributed by atoms with E-state index in [4.69, 9.17) is 23.2 Å². The number of pyridine rings is 3. The van der Waals surface area contributed by atoms with Crippen molar-refractivity contribution in [3.63, 3.8) is 0 Å². The Labute approximate surface area is 329 Å². The second-order valence-corrected chi connectivity index (χ2v) is 11.7. The van der Waals surface area contributed by atoms with Gasteiger partial charge in [0.15, 0.2) is 0 Å². The maximum atomic E-state index is 12.2. The zero-order chi connectivity index (χ0) is 36.9. The van der Waals surface area contributed by atoms with Gasteiger partial charge < -0.3 is 44.9 Å². The van der Waals surface area contributed by atoms with Crippen LogP contribution >= 0.6 is 23.2 Å². The molecule has 0 aliphatic rings. The van der Waals surface area contributed by atoms with E-state index < -0.39 is 49.6 Å². The first-order valence-electron chi connectivity index (χ1n) is 15.3. The minimum atomic E-state index is -1.48. The molecule has 1 atom stereocenters. The molecule has 1 N–H and O–H groups in total. The van der Waals surface area contributed by atoms with Gasteiger partial charge in [0.25, 0.3) is 0 Å². The summed E-state index contributed by atoms with van der Waals surface area (Å²) >= 11 is 11.5. The van der Waals surface area contributed by atoms with Gasteiger partial charge in [-0.2, -0.15) is 15.0 Å². The predicted molar refractivity (Wildman–Crippen MR) is 172 cm³/mol. The van der Waals surface area contributed by atoms with E-state index in [-0.39, 0.29) is 65.6 Å². The third-order valence-electron chi connectivity index (χ3n) is 7.16. The monoisotopic (exact) mass is 760 g/mol. The van der Waals surface area contributed by atoms with Crippen molar-refractivity contribution < 1.29 is 69.2 Å². The molecule has 20 heteroatoms. The van der Waals surface area contributed by atoms with Crippen LogP contribution in [0.15, 0.2) is 54.6 Å². The van der Waals surface area contributed by atoms with E-state index in [0.717, 1.165) is 4.90 Å². The molecule has 4 aromatic heterocycles. The van der Waals surface area contributed by atoms with Gasteiger partial charge in [0.1, 0.15) is 0 Å². The molecule has 0 saturated heterocycles. The number of hydrogen-bond donors (Lipinski definition) is 1. The fourth-order valence-electron chi connectivity index (χ4n) is 5.07. The normalized spacial score (nSPS) is 11.5. The maximum absolute atomic E-state index is 12.2. The second-order valence-electron chi connectivity index (χ2n) is 11.1. The van der Waals surface area contributed by atoms with Crippen molar-refractivity contribution in [3.8, 4) is 22.8 Å². The summed E-state index contributed by atoms with van der Waals surface area (Å²) in [7, 11) is 0. The second kappa shape index (κ2) is 20.6. The number of halogens is 2. The minimum Gasteiger partial charge on any atom is -0.549 e. The van der Waals surface area contributed by atoms with E-state index in [1.54, 1.807) is 54.6 Å². The summed E-state index contributed by atoms with van der Waals surface area (Å²) < 4.78 is 0. The van der Waals surface area contributed by atoms with E-state index in [1.807, 2.05) is 0 Å². The summed E-state index contributed by atoms with van der Waals surface area (Å²) in [5, 5.41) is 48.7. The summed E-state index contributed by atoms with van der Waals surface area (Å²) in [5.41, 5.74) is 2.42. The van der Waals surface area contributed by atoms with Crippen molar-refractivity contribution in [3.05, 3.63) is 76.6 Å². The van der Waals surface area contributed by atoms with E-state index in [2.05, 4.69) is 35.2 Å². The van der Waals surface area contributed by atoms with Crippen molar-refractivity contribution in [1.82, 2.24) is 39.7 Å². The molecule has 4 rings (SSSR count). The van der Waals surface area contributed by atoms with Crippen molar-refractivity contribution in [2.45, 2.75) is 38.4 Å². The van der Waals surface area contributed by atoms with Crippen LogP contribution in [0.25, 0.3) is 22.8 Å². The molecule has 0 saturated carbocycles. The van der Waals surface area contributed by atoms with Gasteiger partial charge in [-0.1, -0.05) is 18.2 Å². The van der Waals surface area contributed by atoms with Crippen LogP contribution in [0, 0.1) is 0 Å². The average molecular weight is 762 g/mol. The fourth-order valence-corrected chi connectivity index (χ4v) is 5.43. The number of unbranched alkanes of at least 4 members (excludes halogenated alkanes) is 1. The Balaban J connectivity index is 0.00000729. The molecule has 0 fully saturated rings. The smallest absolute Gasteiger partial charge is 0.549 e. The minimum absolute atomic E-state index is 0. The molecule has 4 heterocycles. The van der Waals surface area contributed by atoms with Crippen LogP contribution in [0.2, 0.25) is 10.6 Å². The van der Waals surface area contributed by atoms with Crippen LogP contribution in [0.4, 0.5) is 5.95 Å². The summed E-state index contributed by atoms with van der Waals surface area (Å²) in [5.74, 6) is -5.68. The Morgan fingerprint density at radius 3 is 1.62 bits per heavy atom. The summed E-state index contributed by atoms with van der Waals surface area (Å²) in [4.78, 5) is 73.5. The molecule has 268 valence electrons.